The number of hydrogen-bond acceptors (Lipinski definition) is 2. The SMILES string of the molecule is CC1(C)c2cc(-c3cccc4c3oc3ccccc34)ccc2-c2ccc(N(c3ccccc3)c3ccc(-c4ccccc4)cc3)cc21. The van der Waals surface area contributed by atoms with Gasteiger partial charge in [-0.2, -0.15) is 0 Å². The van der Waals surface area contributed by atoms with Crippen molar-refractivity contribution in [1.82, 2.24) is 0 Å². The molecule has 1 aliphatic rings. The third kappa shape index (κ3) is 4.40. The molecule has 224 valence electrons. The van der Waals surface area contributed by atoms with E-state index in [1.807, 2.05) is 6.07 Å². The zero-order chi connectivity index (χ0) is 31.5. The molecule has 0 atom stereocenters. The number of fused-ring (bicyclic) bond motifs is 6. The highest BCUT2D eigenvalue weighted by Crippen LogP contribution is 2.52. The van der Waals surface area contributed by atoms with Gasteiger partial charge in [-0.05, 0) is 87.5 Å². The number of furan rings is 1. The van der Waals surface area contributed by atoms with Gasteiger partial charge in [0.15, 0.2) is 0 Å². The first kappa shape index (κ1) is 27.5. The monoisotopic (exact) mass is 603 g/mol. The lowest BCUT2D eigenvalue weighted by atomic mass is 9.81. The predicted molar refractivity (Wildman–Crippen MR) is 197 cm³/mol. The van der Waals surface area contributed by atoms with Crippen molar-refractivity contribution >= 4 is 39.0 Å². The number of rotatable bonds is 5. The minimum atomic E-state index is -0.183. The molecule has 1 heterocycles. The van der Waals surface area contributed by atoms with Crippen LogP contribution in [0.15, 0.2) is 168 Å². The third-order valence-corrected chi connectivity index (χ3v) is 9.88. The van der Waals surface area contributed by atoms with E-state index < -0.39 is 0 Å². The molecular weight excluding hydrogens is 571 g/mol. The summed E-state index contributed by atoms with van der Waals surface area (Å²) < 4.78 is 6.42. The maximum Gasteiger partial charge on any atom is 0.143 e. The Labute approximate surface area is 275 Å². The summed E-state index contributed by atoms with van der Waals surface area (Å²) in [7, 11) is 0. The van der Waals surface area contributed by atoms with Crippen molar-refractivity contribution in [2.24, 2.45) is 0 Å². The Bertz CT molecular complexity index is 2420. The maximum atomic E-state index is 6.42. The number of anilines is 3. The molecule has 0 radical (unpaired) electrons. The lowest BCUT2D eigenvalue weighted by Crippen LogP contribution is -2.16. The van der Waals surface area contributed by atoms with Crippen LogP contribution < -0.4 is 4.90 Å². The summed E-state index contributed by atoms with van der Waals surface area (Å²) in [5.41, 5.74) is 15.1. The molecule has 0 N–H and O–H groups in total. The van der Waals surface area contributed by atoms with Gasteiger partial charge in [-0.15, -0.1) is 0 Å². The summed E-state index contributed by atoms with van der Waals surface area (Å²) in [6, 6.07) is 58.8. The zero-order valence-electron chi connectivity index (χ0n) is 26.4. The first-order chi connectivity index (χ1) is 23.1. The standard InChI is InChI=1S/C45H33NO/c1-45(2)41-28-32(36-17-11-18-40-39-16-9-10-19-43(39)47-44(36)40)22-26-37(41)38-27-25-35(29-42(38)45)46(33-14-7-4-8-15-33)34-23-20-31(21-24-34)30-12-5-3-6-13-30/h3-29H,1-2H3. The average Bonchev–Trinajstić information content (AvgIpc) is 3.61. The van der Waals surface area contributed by atoms with Gasteiger partial charge in [0.25, 0.3) is 0 Å². The van der Waals surface area contributed by atoms with Crippen molar-refractivity contribution in [3.05, 3.63) is 175 Å². The predicted octanol–water partition coefficient (Wildman–Crippen LogP) is 12.7. The number of hydrogen-bond donors (Lipinski definition) is 0. The minimum absolute atomic E-state index is 0.183. The van der Waals surface area contributed by atoms with E-state index in [2.05, 4.69) is 176 Å². The quantitative estimate of drug-likeness (QED) is 0.195. The molecule has 0 aliphatic heterocycles. The molecule has 0 amide bonds. The molecule has 0 fully saturated rings. The lowest BCUT2D eigenvalue weighted by molar-refractivity contribution is 0.660. The Morgan fingerprint density at radius 1 is 0.426 bits per heavy atom. The summed E-state index contributed by atoms with van der Waals surface area (Å²) >= 11 is 0. The summed E-state index contributed by atoms with van der Waals surface area (Å²) in [6.07, 6.45) is 0. The highest BCUT2D eigenvalue weighted by Gasteiger charge is 2.36. The van der Waals surface area contributed by atoms with Crippen LogP contribution >= 0.6 is 0 Å². The summed E-state index contributed by atoms with van der Waals surface area (Å²) in [4.78, 5) is 2.36. The van der Waals surface area contributed by atoms with Gasteiger partial charge in [0.1, 0.15) is 11.2 Å². The Balaban J connectivity index is 1.13. The molecule has 0 spiro atoms. The second-order valence-corrected chi connectivity index (χ2v) is 13.0. The largest absolute Gasteiger partial charge is 0.455 e. The second kappa shape index (κ2) is 10.6. The lowest BCUT2D eigenvalue weighted by Gasteiger charge is -2.28. The van der Waals surface area contributed by atoms with Crippen LogP contribution in [0.4, 0.5) is 17.1 Å². The molecule has 2 heteroatoms. The van der Waals surface area contributed by atoms with E-state index in [1.165, 1.54) is 38.9 Å². The Morgan fingerprint density at radius 3 is 1.79 bits per heavy atom. The van der Waals surface area contributed by atoms with Crippen molar-refractivity contribution < 1.29 is 4.42 Å². The molecule has 47 heavy (non-hydrogen) atoms. The molecule has 1 aromatic heterocycles. The highest BCUT2D eigenvalue weighted by molar-refractivity contribution is 6.09. The molecule has 0 saturated carbocycles. The average molecular weight is 604 g/mol. The topological polar surface area (TPSA) is 16.4 Å². The Morgan fingerprint density at radius 2 is 1.00 bits per heavy atom. The second-order valence-electron chi connectivity index (χ2n) is 13.0. The van der Waals surface area contributed by atoms with Crippen LogP contribution in [0.5, 0.6) is 0 Å². The van der Waals surface area contributed by atoms with Gasteiger partial charge in [0, 0.05) is 38.8 Å². The van der Waals surface area contributed by atoms with E-state index >= 15 is 0 Å². The van der Waals surface area contributed by atoms with Crippen LogP contribution in [-0.4, -0.2) is 0 Å². The van der Waals surface area contributed by atoms with Crippen LogP contribution in [0.2, 0.25) is 0 Å². The fourth-order valence-electron chi connectivity index (χ4n) is 7.46. The summed E-state index contributed by atoms with van der Waals surface area (Å²) in [5, 5.41) is 2.31. The first-order valence-electron chi connectivity index (χ1n) is 16.3. The van der Waals surface area contributed by atoms with Gasteiger partial charge in [0.05, 0.1) is 0 Å². The Hall–Kier alpha value is -5.86. The molecule has 1 aliphatic carbocycles. The van der Waals surface area contributed by atoms with Gasteiger partial charge in [-0.3, -0.25) is 0 Å². The molecule has 2 nitrogen and oxygen atoms in total. The molecule has 0 bridgehead atoms. The number of nitrogens with zero attached hydrogens (tertiary/aromatic N) is 1. The molecule has 7 aromatic carbocycles. The van der Waals surface area contributed by atoms with E-state index in [0.29, 0.717) is 0 Å². The highest BCUT2D eigenvalue weighted by atomic mass is 16.3. The van der Waals surface area contributed by atoms with Crippen molar-refractivity contribution in [3.8, 4) is 33.4 Å². The fourth-order valence-corrected chi connectivity index (χ4v) is 7.46. The van der Waals surface area contributed by atoms with Crippen molar-refractivity contribution in [1.29, 1.82) is 0 Å². The van der Waals surface area contributed by atoms with Crippen LogP contribution in [0, 0.1) is 0 Å². The first-order valence-corrected chi connectivity index (χ1v) is 16.3. The molecular formula is C45H33NO. The van der Waals surface area contributed by atoms with Crippen molar-refractivity contribution in [3.63, 3.8) is 0 Å². The van der Waals surface area contributed by atoms with Gasteiger partial charge in [-0.25, -0.2) is 0 Å². The van der Waals surface area contributed by atoms with Gasteiger partial charge < -0.3 is 9.32 Å². The van der Waals surface area contributed by atoms with Crippen molar-refractivity contribution in [2.45, 2.75) is 19.3 Å². The van der Waals surface area contributed by atoms with E-state index in [4.69, 9.17) is 4.42 Å². The third-order valence-electron chi connectivity index (χ3n) is 9.88. The Kier molecular flexibility index (Phi) is 6.20. The molecule has 0 saturated heterocycles. The minimum Gasteiger partial charge on any atom is -0.455 e. The summed E-state index contributed by atoms with van der Waals surface area (Å²) in [5.74, 6) is 0. The van der Waals surface area contributed by atoms with Crippen LogP contribution in [0.25, 0.3) is 55.3 Å². The van der Waals surface area contributed by atoms with E-state index in [9.17, 15) is 0 Å². The van der Waals surface area contributed by atoms with Crippen molar-refractivity contribution in [2.75, 3.05) is 4.90 Å². The smallest absolute Gasteiger partial charge is 0.143 e. The maximum absolute atomic E-state index is 6.42. The van der Waals surface area contributed by atoms with E-state index in [1.54, 1.807) is 0 Å². The van der Waals surface area contributed by atoms with Gasteiger partial charge in [-0.1, -0.05) is 129 Å². The van der Waals surface area contributed by atoms with Crippen LogP contribution in [0.1, 0.15) is 25.0 Å². The number of para-hydroxylation sites is 3. The van der Waals surface area contributed by atoms with Crippen LogP contribution in [0.3, 0.4) is 0 Å². The summed E-state index contributed by atoms with van der Waals surface area (Å²) in [6.45, 7) is 4.71. The van der Waals surface area contributed by atoms with E-state index in [0.717, 1.165) is 44.6 Å². The number of benzene rings is 7. The molecule has 9 rings (SSSR count). The zero-order valence-corrected chi connectivity index (χ0v) is 26.4. The molecule has 0 unspecified atom stereocenters. The van der Waals surface area contributed by atoms with Gasteiger partial charge >= 0.3 is 0 Å². The fraction of sp³-hybridized carbons (Fsp3) is 0.0667. The van der Waals surface area contributed by atoms with Gasteiger partial charge in [0.2, 0.25) is 0 Å². The molecule has 8 aromatic rings. The van der Waals surface area contributed by atoms with Crippen LogP contribution in [-0.2, 0) is 5.41 Å². The normalized spacial score (nSPS) is 13.1. The van der Waals surface area contributed by atoms with E-state index in [-0.39, 0.29) is 5.41 Å².